The van der Waals surface area contributed by atoms with Gasteiger partial charge >= 0.3 is 5.97 Å². The molecule has 0 heterocycles. The quantitative estimate of drug-likeness (QED) is 0.867. The number of hydrogen-bond acceptors (Lipinski definition) is 3. The lowest BCUT2D eigenvalue weighted by atomic mass is 10.1. The lowest BCUT2D eigenvalue weighted by molar-refractivity contribution is 0.0602. The van der Waals surface area contributed by atoms with E-state index in [-0.39, 0.29) is 17.2 Å². The number of halogens is 2. The summed E-state index contributed by atoms with van der Waals surface area (Å²) < 4.78 is 4.67. The maximum absolute atomic E-state index is 12.2. The lowest BCUT2D eigenvalue weighted by Gasteiger charge is -2.10. The molecule has 1 N–H and O–H groups in total. The predicted molar refractivity (Wildman–Crippen MR) is 82.2 cm³/mol. The summed E-state index contributed by atoms with van der Waals surface area (Å²) in [7, 11) is 1.27. The van der Waals surface area contributed by atoms with E-state index in [0.717, 1.165) is 0 Å². The number of anilines is 1. The number of hydrogen-bond donors (Lipinski definition) is 1. The van der Waals surface area contributed by atoms with Crippen LogP contribution >= 0.6 is 23.2 Å². The van der Waals surface area contributed by atoms with Gasteiger partial charge in [0.1, 0.15) is 0 Å². The van der Waals surface area contributed by atoms with Crippen LogP contribution in [-0.4, -0.2) is 19.0 Å². The molecule has 0 spiro atoms. The largest absolute Gasteiger partial charge is 0.465 e. The van der Waals surface area contributed by atoms with Crippen molar-refractivity contribution in [2.45, 2.75) is 0 Å². The summed E-state index contributed by atoms with van der Waals surface area (Å²) in [6.45, 7) is 0. The molecule has 4 nitrogen and oxygen atoms in total. The highest BCUT2D eigenvalue weighted by Crippen LogP contribution is 2.23. The van der Waals surface area contributed by atoms with E-state index in [2.05, 4.69) is 10.1 Å². The third-order valence-corrected chi connectivity index (χ3v) is 3.23. The highest BCUT2D eigenvalue weighted by atomic mass is 35.5. The van der Waals surface area contributed by atoms with E-state index < -0.39 is 5.97 Å². The van der Waals surface area contributed by atoms with E-state index in [1.165, 1.54) is 19.2 Å². The molecule has 0 fully saturated rings. The summed E-state index contributed by atoms with van der Waals surface area (Å²) in [5, 5.41) is 3.56. The summed E-state index contributed by atoms with van der Waals surface area (Å²) in [6.07, 6.45) is 0. The third kappa shape index (κ3) is 3.74. The average Bonchev–Trinajstić information content (AvgIpc) is 2.47. The minimum Gasteiger partial charge on any atom is -0.465 e. The number of carbonyl (C=O) groups excluding carboxylic acids is 2. The minimum absolute atomic E-state index is 0.226. The van der Waals surface area contributed by atoms with Gasteiger partial charge in [-0.15, -0.1) is 0 Å². The van der Waals surface area contributed by atoms with Gasteiger partial charge in [0.2, 0.25) is 0 Å². The fourth-order valence-electron chi connectivity index (χ4n) is 1.70. The molecule has 0 aliphatic carbocycles. The van der Waals surface area contributed by atoms with Gasteiger partial charge < -0.3 is 10.1 Å². The molecule has 0 saturated heterocycles. The van der Waals surface area contributed by atoms with E-state index in [9.17, 15) is 9.59 Å². The first-order chi connectivity index (χ1) is 10.0. The average molecular weight is 324 g/mol. The summed E-state index contributed by atoms with van der Waals surface area (Å²) in [5.74, 6) is -0.933. The van der Waals surface area contributed by atoms with Crippen LogP contribution in [0.4, 0.5) is 5.69 Å². The van der Waals surface area contributed by atoms with Crippen LogP contribution in [-0.2, 0) is 4.74 Å². The van der Waals surface area contributed by atoms with Crippen molar-refractivity contribution in [1.82, 2.24) is 0 Å². The standard InChI is InChI=1S/C15H11Cl2NO3/c1-21-15(20)12-7-6-11(17)8-13(12)18-14(19)9-2-4-10(16)5-3-9/h2-8H,1H3,(H,18,19). The Kier molecular flexibility index (Phi) is 4.83. The Labute approximate surface area is 131 Å². The zero-order valence-electron chi connectivity index (χ0n) is 11.0. The van der Waals surface area contributed by atoms with E-state index >= 15 is 0 Å². The van der Waals surface area contributed by atoms with Crippen LogP contribution in [0.2, 0.25) is 10.0 Å². The molecule has 2 aromatic carbocycles. The van der Waals surface area contributed by atoms with Gasteiger partial charge in [-0.2, -0.15) is 0 Å². The molecule has 0 aromatic heterocycles. The third-order valence-electron chi connectivity index (χ3n) is 2.74. The van der Waals surface area contributed by atoms with Crippen LogP contribution in [0.5, 0.6) is 0 Å². The molecule has 1 amide bonds. The molecule has 0 saturated carbocycles. The number of esters is 1. The van der Waals surface area contributed by atoms with Crippen LogP contribution in [0.25, 0.3) is 0 Å². The zero-order valence-corrected chi connectivity index (χ0v) is 12.5. The lowest BCUT2D eigenvalue weighted by Crippen LogP contribution is -2.15. The molecule has 6 heteroatoms. The van der Waals surface area contributed by atoms with Crippen molar-refractivity contribution in [3.63, 3.8) is 0 Å². The Morgan fingerprint density at radius 3 is 2.24 bits per heavy atom. The number of carbonyl (C=O) groups is 2. The first-order valence-electron chi connectivity index (χ1n) is 5.96. The Morgan fingerprint density at radius 2 is 1.62 bits per heavy atom. The summed E-state index contributed by atoms with van der Waals surface area (Å²) >= 11 is 11.7. The van der Waals surface area contributed by atoms with Crippen molar-refractivity contribution < 1.29 is 14.3 Å². The number of amides is 1. The van der Waals surface area contributed by atoms with Gasteiger partial charge in [-0.1, -0.05) is 23.2 Å². The van der Waals surface area contributed by atoms with Crippen molar-refractivity contribution in [2.24, 2.45) is 0 Å². The van der Waals surface area contributed by atoms with Gasteiger partial charge in [-0.3, -0.25) is 4.79 Å². The number of benzene rings is 2. The van der Waals surface area contributed by atoms with E-state index in [0.29, 0.717) is 15.6 Å². The van der Waals surface area contributed by atoms with Crippen molar-refractivity contribution in [1.29, 1.82) is 0 Å². The molecule has 0 atom stereocenters. The van der Waals surface area contributed by atoms with E-state index in [1.807, 2.05) is 0 Å². The van der Waals surface area contributed by atoms with E-state index in [1.54, 1.807) is 30.3 Å². The Morgan fingerprint density at radius 1 is 1.00 bits per heavy atom. The zero-order chi connectivity index (χ0) is 15.4. The number of methoxy groups -OCH3 is 1. The number of rotatable bonds is 3. The molecule has 0 bridgehead atoms. The normalized spacial score (nSPS) is 10.0. The minimum atomic E-state index is -0.557. The monoisotopic (exact) mass is 323 g/mol. The van der Waals surface area contributed by atoms with Gasteiger partial charge in [0.15, 0.2) is 0 Å². The van der Waals surface area contributed by atoms with E-state index in [4.69, 9.17) is 23.2 Å². The van der Waals surface area contributed by atoms with Crippen LogP contribution in [0.1, 0.15) is 20.7 Å². The maximum Gasteiger partial charge on any atom is 0.339 e. The fourth-order valence-corrected chi connectivity index (χ4v) is 2.00. The fraction of sp³-hybridized carbons (Fsp3) is 0.0667. The second-order valence-corrected chi connectivity index (χ2v) is 5.02. The number of nitrogens with one attached hydrogen (secondary N) is 1. The van der Waals surface area contributed by atoms with Gasteiger partial charge in [0.05, 0.1) is 18.4 Å². The SMILES string of the molecule is COC(=O)c1ccc(Cl)cc1NC(=O)c1ccc(Cl)cc1. The molecular formula is C15H11Cl2NO3. The van der Waals surface area contributed by atoms with Gasteiger partial charge in [-0.05, 0) is 42.5 Å². The molecule has 0 aliphatic rings. The molecule has 0 radical (unpaired) electrons. The topological polar surface area (TPSA) is 55.4 Å². The van der Waals surface area contributed by atoms with Crippen molar-refractivity contribution >= 4 is 40.8 Å². The van der Waals surface area contributed by atoms with Crippen molar-refractivity contribution in [3.8, 4) is 0 Å². The second-order valence-electron chi connectivity index (χ2n) is 4.14. The maximum atomic E-state index is 12.2. The first-order valence-corrected chi connectivity index (χ1v) is 6.71. The Bertz CT molecular complexity index is 684. The molecule has 0 aliphatic heterocycles. The van der Waals surface area contributed by atoms with Crippen molar-refractivity contribution in [2.75, 3.05) is 12.4 Å². The van der Waals surface area contributed by atoms with Crippen LogP contribution in [0.15, 0.2) is 42.5 Å². The molecule has 21 heavy (non-hydrogen) atoms. The first kappa shape index (κ1) is 15.4. The van der Waals surface area contributed by atoms with Crippen LogP contribution in [0.3, 0.4) is 0 Å². The Hall–Kier alpha value is -2.04. The molecule has 2 aromatic rings. The van der Waals surface area contributed by atoms with Crippen LogP contribution < -0.4 is 5.32 Å². The number of ether oxygens (including phenoxy) is 1. The highest BCUT2D eigenvalue weighted by Gasteiger charge is 2.15. The summed E-state index contributed by atoms with van der Waals surface area (Å²) in [6, 6.07) is 10.9. The van der Waals surface area contributed by atoms with Crippen molar-refractivity contribution in [3.05, 3.63) is 63.6 Å². The Balaban J connectivity index is 2.30. The summed E-state index contributed by atoms with van der Waals surface area (Å²) in [5.41, 5.74) is 0.925. The highest BCUT2D eigenvalue weighted by molar-refractivity contribution is 6.31. The van der Waals surface area contributed by atoms with Gasteiger partial charge in [0, 0.05) is 15.6 Å². The molecular weight excluding hydrogens is 313 g/mol. The smallest absolute Gasteiger partial charge is 0.339 e. The van der Waals surface area contributed by atoms with Gasteiger partial charge in [-0.25, -0.2) is 4.79 Å². The predicted octanol–water partition coefficient (Wildman–Crippen LogP) is 4.03. The molecule has 108 valence electrons. The second kappa shape index (κ2) is 6.61. The van der Waals surface area contributed by atoms with Gasteiger partial charge in [0.25, 0.3) is 5.91 Å². The van der Waals surface area contributed by atoms with Crippen LogP contribution in [0, 0.1) is 0 Å². The molecule has 0 unspecified atom stereocenters. The summed E-state index contributed by atoms with van der Waals surface area (Å²) in [4.78, 5) is 23.8. The molecule has 2 rings (SSSR count).